The zero-order valence-electron chi connectivity index (χ0n) is 26.1. The molecule has 9 rings (SSSR count). The Morgan fingerprint density at radius 2 is 0.646 bits per heavy atom. The SMILES string of the molecule is c1ccc(-c2cccc(-c3nc(-c4cccc(-c5ccccc5)c4)nc(-c4ccc5ccc6c7ccccc7ccc6c5c4)n3)c2)cc1. The quantitative estimate of drug-likeness (QED) is 0.182. The molecule has 0 aliphatic heterocycles. The molecule has 8 aromatic carbocycles. The Kier molecular flexibility index (Phi) is 6.80. The molecule has 0 fully saturated rings. The summed E-state index contributed by atoms with van der Waals surface area (Å²) in [6.45, 7) is 0. The molecule has 0 amide bonds. The maximum Gasteiger partial charge on any atom is 0.164 e. The van der Waals surface area contributed by atoms with Gasteiger partial charge in [0.1, 0.15) is 0 Å². The molecule has 0 atom stereocenters. The lowest BCUT2D eigenvalue weighted by Gasteiger charge is -2.12. The van der Waals surface area contributed by atoms with Gasteiger partial charge in [0, 0.05) is 16.7 Å². The van der Waals surface area contributed by atoms with E-state index in [-0.39, 0.29) is 0 Å². The minimum atomic E-state index is 0.641. The molecule has 0 saturated heterocycles. The second kappa shape index (κ2) is 11.7. The van der Waals surface area contributed by atoms with E-state index >= 15 is 0 Å². The van der Waals surface area contributed by atoms with Crippen LogP contribution >= 0.6 is 0 Å². The van der Waals surface area contributed by atoms with Crippen LogP contribution < -0.4 is 0 Å². The minimum absolute atomic E-state index is 0.641. The van der Waals surface area contributed by atoms with Gasteiger partial charge in [-0.1, -0.05) is 158 Å². The van der Waals surface area contributed by atoms with E-state index in [4.69, 9.17) is 15.0 Å². The second-order valence-electron chi connectivity index (χ2n) is 12.1. The first-order valence-electron chi connectivity index (χ1n) is 16.2. The van der Waals surface area contributed by atoms with Crippen molar-refractivity contribution in [2.75, 3.05) is 0 Å². The molecule has 48 heavy (non-hydrogen) atoms. The fraction of sp³-hybridized carbons (Fsp3) is 0. The number of nitrogens with zero attached hydrogens (tertiary/aromatic N) is 3. The first-order valence-corrected chi connectivity index (χ1v) is 16.2. The zero-order chi connectivity index (χ0) is 31.9. The first-order chi connectivity index (χ1) is 23.8. The molecule has 0 unspecified atom stereocenters. The number of rotatable bonds is 5. The van der Waals surface area contributed by atoms with Crippen LogP contribution in [0.3, 0.4) is 0 Å². The summed E-state index contributed by atoms with van der Waals surface area (Å²) in [4.78, 5) is 15.4. The molecule has 0 spiro atoms. The lowest BCUT2D eigenvalue weighted by molar-refractivity contribution is 1.07. The summed E-state index contributed by atoms with van der Waals surface area (Å²) in [6, 6.07) is 61.7. The van der Waals surface area contributed by atoms with Crippen LogP contribution in [0.4, 0.5) is 0 Å². The molecule has 0 aliphatic rings. The standard InChI is InChI=1S/C45H29N3/c1-3-11-30(12-4-1)34-16-9-18-36(27-34)43-46-44(37-19-10-17-35(28-37)31-13-5-2-6-14-31)48-45(47-43)38-22-21-33-24-25-40-39-20-8-7-15-32(39)23-26-41(40)42(33)29-38/h1-29H. The highest BCUT2D eigenvalue weighted by Crippen LogP contribution is 2.35. The summed E-state index contributed by atoms with van der Waals surface area (Å²) in [5, 5.41) is 7.31. The molecule has 3 nitrogen and oxygen atoms in total. The van der Waals surface area contributed by atoms with Crippen molar-refractivity contribution in [3.8, 4) is 56.4 Å². The molecular weight excluding hydrogens is 583 g/mol. The van der Waals surface area contributed by atoms with Gasteiger partial charge in [-0.25, -0.2) is 15.0 Å². The number of fused-ring (bicyclic) bond motifs is 5. The van der Waals surface area contributed by atoms with E-state index < -0.39 is 0 Å². The first kappa shape index (κ1) is 27.8. The Balaban J connectivity index is 1.24. The molecule has 0 saturated carbocycles. The van der Waals surface area contributed by atoms with E-state index in [1.807, 2.05) is 12.1 Å². The third-order valence-corrected chi connectivity index (χ3v) is 9.09. The second-order valence-corrected chi connectivity index (χ2v) is 12.1. The van der Waals surface area contributed by atoms with Gasteiger partial charge in [0.2, 0.25) is 0 Å². The largest absolute Gasteiger partial charge is 0.208 e. The van der Waals surface area contributed by atoms with Crippen LogP contribution in [0.25, 0.3) is 88.7 Å². The maximum atomic E-state index is 5.13. The van der Waals surface area contributed by atoms with Crippen molar-refractivity contribution in [3.63, 3.8) is 0 Å². The molecule has 3 heteroatoms. The minimum Gasteiger partial charge on any atom is -0.208 e. The van der Waals surface area contributed by atoms with Gasteiger partial charge >= 0.3 is 0 Å². The summed E-state index contributed by atoms with van der Waals surface area (Å²) < 4.78 is 0. The molecule has 1 aromatic heterocycles. The molecule has 9 aromatic rings. The third kappa shape index (κ3) is 5.08. The number of benzene rings is 8. The van der Waals surface area contributed by atoms with Crippen LogP contribution in [0, 0.1) is 0 Å². The fourth-order valence-electron chi connectivity index (χ4n) is 6.66. The van der Waals surface area contributed by atoms with Gasteiger partial charge < -0.3 is 0 Å². The van der Waals surface area contributed by atoms with E-state index in [0.717, 1.165) is 38.9 Å². The normalized spacial score (nSPS) is 11.3. The molecule has 224 valence electrons. The number of aromatic nitrogens is 3. The van der Waals surface area contributed by atoms with Crippen molar-refractivity contribution in [1.29, 1.82) is 0 Å². The molecule has 1 heterocycles. The van der Waals surface area contributed by atoms with Crippen molar-refractivity contribution in [3.05, 3.63) is 176 Å². The Bertz CT molecular complexity index is 2510. The Labute approximate surface area is 278 Å². The van der Waals surface area contributed by atoms with Crippen molar-refractivity contribution in [2.24, 2.45) is 0 Å². The average molecular weight is 612 g/mol. The highest BCUT2D eigenvalue weighted by molar-refractivity contribution is 6.17. The molecule has 0 aliphatic carbocycles. The summed E-state index contributed by atoms with van der Waals surface area (Å²) in [5.74, 6) is 1.92. The predicted molar refractivity (Wildman–Crippen MR) is 200 cm³/mol. The lowest BCUT2D eigenvalue weighted by atomic mass is 9.96. The predicted octanol–water partition coefficient (Wildman–Crippen LogP) is 11.7. The number of hydrogen-bond donors (Lipinski definition) is 0. The van der Waals surface area contributed by atoms with Crippen molar-refractivity contribution >= 4 is 32.3 Å². The van der Waals surface area contributed by atoms with E-state index in [9.17, 15) is 0 Å². The molecule has 0 bridgehead atoms. The van der Waals surface area contributed by atoms with E-state index in [2.05, 4.69) is 164 Å². The summed E-state index contributed by atoms with van der Waals surface area (Å²) >= 11 is 0. The van der Waals surface area contributed by atoms with E-state index in [1.165, 1.54) is 32.3 Å². The highest BCUT2D eigenvalue weighted by atomic mass is 15.0. The van der Waals surface area contributed by atoms with Gasteiger partial charge in [0.15, 0.2) is 17.5 Å². The van der Waals surface area contributed by atoms with Crippen molar-refractivity contribution in [1.82, 2.24) is 15.0 Å². The number of hydrogen-bond acceptors (Lipinski definition) is 3. The third-order valence-electron chi connectivity index (χ3n) is 9.09. The summed E-state index contributed by atoms with van der Waals surface area (Å²) in [5.41, 5.74) is 7.37. The lowest BCUT2D eigenvalue weighted by Crippen LogP contribution is -2.00. The van der Waals surface area contributed by atoms with Gasteiger partial charge in [-0.3, -0.25) is 0 Å². The smallest absolute Gasteiger partial charge is 0.164 e. The van der Waals surface area contributed by atoms with Gasteiger partial charge in [0.25, 0.3) is 0 Å². The van der Waals surface area contributed by atoms with Gasteiger partial charge in [-0.15, -0.1) is 0 Å². The fourth-order valence-corrected chi connectivity index (χ4v) is 6.66. The van der Waals surface area contributed by atoms with Crippen LogP contribution in [0.15, 0.2) is 176 Å². The van der Waals surface area contributed by atoms with Gasteiger partial charge in [0.05, 0.1) is 0 Å². The summed E-state index contributed by atoms with van der Waals surface area (Å²) in [6.07, 6.45) is 0. The van der Waals surface area contributed by atoms with Crippen LogP contribution in [0.5, 0.6) is 0 Å². The Morgan fingerprint density at radius 3 is 1.23 bits per heavy atom. The van der Waals surface area contributed by atoms with Crippen LogP contribution in [-0.2, 0) is 0 Å². The van der Waals surface area contributed by atoms with Crippen molar-refractivity contribution < 1.29 is 0 Å². The van der Waals surface area contributed by atoms with Gasteiger partial charge in [-0.05, 0) is 72.8 Å². The molecule has 0 radical (unpaired) electrons. The molecule has 0 N–H and O–H groups in total. The highest BCUT2D eigenvalue weighted by Gasteiger charge is 2.15. The average Bonchev–Trinajstić information content (AvgIpc) is 3.18. The monoisotopic (exact) mass is 611 g/mol. The molecular formula is C45H29N3. The van der Waals surface area contributed by atoms with Crippen molar-refractivity contribution in [2.45, 2.75) is 0 Å². The Hall–Kier alpha value is -6.45. The van der Waals surface area contributed by atoms with Crippen LogP contribution in [0.2, 0.25) is 0 Å². The Morgan fingerprint density at radius 1 is 0.229 bits per heavy atom. The van der Waals surface area contributed by atoms with E-state index in [1.54, 1.807) is 0 Å². The van der Waals surface area contributed by atoms with Crippen LogP contribution in [-0.4, -0.2) is 15.0 Å². The topological polar surface area (TPSA) is 38.7 Å². The zero-order valence-corrected chi connectivity index (χ0v) is 26.1. The maximum absolute atomic E-state index is 5.13. The van der Waals surface area contributed by atoms with Crippen LogP contribution in [0.1, 0.15) is 0 Å². The van der Waals surface area contributed by atoms with Gasteiger partial charge in [-0.2, -0.15) is 0 Å². The van der Waals surface area contributed by atoms with E-state index in [0.29, 0.717) is 17.5 Å². The summed E-state index contributed by atoms with van der Waals surface area (Å²) in [7, 11) is 0.